The molecule has 1 aromatic carbocycles. The highest BCUT2D eigenvalue weighted by Gasteiger charge is 2.35. The lowest BCUT2D eigenvalue weighted by molar-refractivity contribution is 0.0776. The average Bonchev–Trinajstić information content (AvgIpc) is 3.00. The van der Waals surface area contributed by atoms with Crippen LogP contribution in [0.1, 0.15) is 17.4 Å². The zero-order valence-corrected chi connectivity index (χ0v) is 14.3. The lowest BCUT2D eigenvalue weighted by Crippen LogP contribution is -2.36. The first-order valence-corrected chi connectivity index (χ1v) is 7.36. The summed E-state index contributed by atoms with van der Waals surface area (Å²) in [6, 6.07) is 8.31. The Bertz CT molecular complexity index is 682. The SMILES string of the molecule is C[C@@H]1CN(C(=O)c2nn(C)c3ccccc23)C[C@@H]1N(C)C.Cl. The molecule has 2 heterocycles. The summed E-state index contributed by atoms with van der Waals surface area (Å²) in [6.07, 6.45) is 0. The molecule has 0 radical (unpaired) electrons. The van der Waals surface area contributed by atoms with Crippen LogP contribution in [0, 0.1) is 5.92 Å². The van der Waals surface area contributed by atoms with Gasteiger partial charge in [-0.2, -0.15) is 5.10 Å². The van der Waals surface area contributed by atoms with Gasteiger partial charge in [-0.05, 0) is 26.1 Å². The second-order valence-corrected chi connectivity index (χ2v) is 6.21. The minimum atomic E-state index is 0. The summed E-state index contributed by atoms with van der Waals surface area (Å²) in [4.78, 5) is 17.0. The molecule has 0 aliphatic carbocycles. The van der Waals surface area contributed by atoms with E-state index in [2.05, 4.69) is 31.0 Å². The molecule has 1 amide bonds. The van der Waals surface area contributed by atoms with Crippen molar-refractivity contribution in [1.82, 2.24) is 19.6 Å². The number of para-hydroxylation sites is 1. The minimum absolute atomic E-state index is 0. The van der Waals surface area contributed by atoms with Crippen LogP contribution in [0.5, 0.6) is 0 Å². The molecule has 1 aromatic heterocycles. The van der Waals surface area contributed by atoms with Gasteiger partial charge in [0, 0.05) is 31.6 Å². The first kappa shape index (κ1) is 16.8. The Kier molecular flexibility index (Phi) is 4.78. The number of amides is 1. The van der Waals surface area contributed by atoms with Crippen LogP contribution in [0.2, 0.25) is 0 Å². The number of fused-ring (bicyclic) bond motifs is 1. The molecule has 6 heteroatoms. The first-order chi connectivity index (χ1) is 9.99. The largest absolute Gasteiger partial charge is 0.335 e. The molecule has 1 fully saturated rings. The highest BCUT2D eigenvalue weighted by molar-refractivity contribution is 6.04. The molecular formula is C16H23ClN4O. The van der Waals surface area contributed by atoms with Gasteiger partial charge in [0.15, 0.2) is 5.69 Å². The monoisotopic (exact) mass is 322 g/mol. The van der Waals surface area contributed by atoms with E-state index in [0.717, 1.165) is 24.0 Å². The third-order valence-corrected chi connectivity index (χ3v) is 4.48. The van der Waals surface area contributed by atoms with Crippen LogP contribution in [-0.2, 0) is 7.05 Å². The summed E-state index contributed by atoms with van der Waals surface area (Å²) in [5, 5.41) is 5.38. The Morgan fingerprint density at radius 3 is 2.59 bits per heavy atom. The third-order valence-electron chi connectivity index (χ3n) is 4.48. The Labute approximate surface area is 137 Å². The van der Waals surface area contributed by atoms with E-state index in [1.54, 1.807) is 4.68 Å². The molecule has 120 valence electrons. The van der Waals surface area contributed by atoms with Crippen LogP contribution in [0.25, 0.3) is 10.9 Å². The second-order valence-electron chi connectivity index (χ2n) is 6.21. The fourth-order valence-corrected chi connectivity index (χ4v) is 3.31. The summed E-state index contributed by atoms with van der Waals surface area (Å²) in [6.45, 7) is 3.78. The topological polar surface area (TPSA) is 41.4 Å². The minimum Gasteiger partial charge on any atom is -0.335 e. The number of benzene rings is 1. The van der Waals surface area contributed by atoms with Crippen molar-refractivity contribution in [3.8, 4) is 0 Å². The maximum atomic E-state index is 12.8. The molecule has 0 spiro atoms. The van der Waals surface area contributed by atoms with Gasteiger partial charge in [0.25, 0.3) is 5.91 Å². The number of nitrogens with zero attached hydrogens (tertiary/aromatic N) is 4. The zero-order chi connectivity index (χ0) is 15.1. The number of aryl methyl sites for hydroxylation is 1. The number of rotatable bonds is 2. The number of carbonyl (C=O) groups is 1. The van der Waals surface area contributed by atoms with Gasteiger partial charge in [-0.3, -0.25) is 9.48 Å². The molecular weight excluding hydrogens is 300 g/mol. The molecule has 22 heavy (non-hydrogen) atoms. The van der Waals surface area contributed by atoms with Crippen LogP contribution in [-0.4, -0.2) is 58.7 Å². The van der Waals surface area contributed by atoms with Crippen molar-refractivity contribution in [3.63, 3.8) is 0 Å². The van der Waals surface area contributed by atoms with E-state index in [1.165, 1.54) is 0 Å². The van der Waals surface area contributed by atoms with Crippen LogP contribution in [0.3, 0.4) is 0 Å². The van der Waals surface area contributed by atoms with E-state index in [-0.39, 0.29) is 18.3 Å². The molecule has 2 aromatic rings. The molecule has 2 atom stereocenters. The number of aromatic nitrogens is 2. The Hall–Kier alpha value is -1.59. The van der Waals surface area contributed by atoms with Crippen LogP contribution in [0.15, 0.2) is 24.3 Å². The van der Waals surface area contributed by atoms with Gasteiger partial charge < -0.3 is 9.80 Å². The summed E-state index contributed by atoms with van der Waals surface area (Å²) in [7, 11) is 6.03. The molecule has 0 N–H and O–H groups in total. The number of hydrogen-bond donors (Lipinski definition) is 0. The fourth-order valence-electron chi connectivity index (χ4n) is 3.31. The average molecular weight is 323 g/mol. The van der Waals surface area contributed by atoms with Crippen molar-refractivity contribution in [1.29, 1.82) is 0 Å². The molecule has 1 aliphatic rings. The number of carbonyl (C=O) groups excluding carboxylic acids is 1. The zero-order valence-electron chi connectivity index (χ0n) is 13.5. The lowest BCUT2D eigenvalue weighted by atomic mass is 10.1. The van der Waals surface area contributed by atoms with Crippen molar-refractivity contribution < 1.29 is 4.79 Å². The van der Waals surface area contributed by atoms with Crippen molar-refractivity contribution in [2.45, 2.75) is 13.0 Å². The summed E-state index contributed by atoms with van der Waals surface area (Å²) in [5.41, 5.74) is 1.57. The molecule has 3 rings (SSSR count). The quantitative estimate of drug-likeness (QED) is 0.849. The molecule has 0 unspecified atom stereocenters. The van der Waals surface area contributed by atoms with E-state index in [0.29, 0.717) is 17.7 Å². The van der Waals surface area contributed by atoms with Crippen molar-refractivity contribution >= 4 is 29.2 Å². The lowest BCUT2D eigenvalue weighted by Gasteiger charge is -2.22. The fraction of sp³-hybridized carbons (Fsp3) is 0.500. The van der Waals surface area contributed by atoms with Crippen molar-refractivity contribution in [2.24, 2.45) is 13.0 Å². The van der Waals surface area contributed by atoms with Crippen LogP contribution >= 0.6 is 12.4 Å². The maximum Gasteiger partial charge on any atom is 0.275 e. The number of halogens is 1. The normalized spacial score (nSPS) is 21.4. The Morgan fingerprint density at radius 2 is 1.95 bits per heavy atom. The van der Waals surface area contributed by atoms with Gasteiger partial charge in [0.2, 0.25) is 0 Å². The van der Waals surface area contributed by atoms with E-state index in [9.17, 15) is 4.79 Å². The van der Waals surface area contributed by atoms with E-state index < -0.39 is 0 Å². The molecule has 1 aliphatic heterocycles. The van der Waals surface area contributed by atoms with Gasteiger partial charge in [0.05, 0.1) is 5.52 Å². The standard InChI is InChI=1S/C16H22N4O.ClH/c1-11-9-20(10-14(11)18(2)3)16(21)15-12-7-5-6-8-13(12)19(4)17-15;/h5-8,11,14H,9-10H2,1-4H3;1H/t11-,14+;/m1./s1. The van der Waals surface area contributed by atoms with Crippen LogP contribution in [0.4, 0.5) is 0 Å². The van der Waals surface area contributed by atoms with E-state index in [1.807, 2.05) is 36.2 Å². The van der Waals surface area contributed by atoms with E-state index in [4.69, 9.17) is 0 Å². The second kappa shape index (κ2) is 6.26. The van der Waals surface area contributed by atoms with Gasteiger partial charge in [-0.25, -0.2) is 0 Å². The molecule has 5 nitrogen and oxygen atoms in total. The number of hydrogen-bond acceptors (Lipinski definition) is 3. The summed E-state index contributed by atoms with van der Waals surface area (Å²) < 4.78 is 1.78. The number of likely N-dealkylation sites (N-methyl/N-ethyl adjacent to an activating group) is 1. The van der Waals surface area contributed by atoms with E-state index >= 15 is 0 Å². The smallest absolute Gasteiger partial charge is 0.275 e. The van der Waals surface area contributed by atoms with Gasteiger partial charge in [0.1, 0.15) is 0 Å². The highest BCUT2D eigenvalue weighted by atomic mass is 35.5. The summed E-state index contributed by atoms with van der Waals surface area (Å²) >= 11 is 0. The Balaban J connectivity index is 0.00000176. The Morgan fingerprint density at radius 1 is 1.27 bits per heavy atom. The van der Waals surface area contributed by atoms with Crippen molar-refractivity contribution in [2.75, 3.05) is 27.2 Å². The third kappa shape index (κ3) is 2.71. The first-order valence-electron chi connectivity index (χ1n) is 7.36. The summed E-state index contributed by atoms with van der Waals surface area (Å²) in [5.74, 6) is 0.530. The predicted molar refractivity (Wildman–Crippen MR) is 90.5 cm³/mol. The van der Waals surface area contributed by atoms with Gasteiger partial charge in [-0.15, -0.1) is 12.4 Å². The maximum absolute atomic E-state index is 12.8. The van der Waals surface area contributed by atoms with Crippen LogP contribution < -0.4 is 0 Å². The molecule has 0 saturated carbocycles. The van der Waals surface area contributed by atoms with Gasteiger partial charge in [-0.1, -0.05) is 25.1 Å². The molecule has 0 bridgehead atoms. The van der Waals surface area contributed by atoms with Gasteiger partial charge >= 0.3 is 0 Å². The number of likely N-dealkylation sites (tertiary alicyclic amines) is 1. The molecule has 1 saturated heterocycles. The highest BCUT2D eigenvalue weighted by Crippen LogP contribution is 2.24. The predicted octanol–water partition coefficient (Wildman–Crippen LogP) is 2.02. The van der Waals surface area contributed by atoms with Crippen molar-refractivity contribution in [3.05, 3.63) is 30.0 Å².